The van der Waals surface area contributed by atoms with E-state index in [1.807, 2.05) is 72.5 Å². The van der Waals surface area contributed by atoms with Gasteiger partial charge in [-0.15, -0.1) is 10.2 Å². The molecule has 1 aliphatic rings. The quantitative estimate of drug-likeness (QED) is 0.497. The Labute approximate surface area is 201 Å². The Hall–Kier alpha value is -3.61. The molecule has 1 amide bonds. The van der Waals surface area contributed by atoms with Crippen LogP contribution in [0.4, 0.5) is 5.82 Å². The van der Waals surface area contributed by atoms with E-state index in [-0.39, 0.29) is 12.5 Å². The van der Waals surface area contributed by atoms with E-state index in [0.717, 1.165) is 28.6 Å². The van der Waals surface area contributed by atoms with Crippen molar-refractivity contribution in [2.75, 3.05) is 44.3 Å². The molecule has 1 saturated heterocycles. The van der Waals surface area contributed by atoms with Crippen LogP contribution in [0.5, 0.6) is 11.5 Å². The van der Waals surface area contributed by atoms with Gasteiger partial charge in [-0.25, -0.2) is 0 Å². The molecule has 7 nitrogen and oxygen atoms in total. The minimum absolute atomic E-state index is 0.00418. The van der Waals surface area contributed by atoms with E-state index in [1.54, 1.807) is 0 Å². The first-order valence-electron chi connectivity index (χ1n) is 11.9. The van der Waals surface area contributed by atoms with Crippen molar-refractivity contribution in [1.29, 1.82) is 0 Å². The number of nitrogens with zero attached hydrogens (tertiary/aromatic N) is 4. The summed E-state index contributed by atoms with van der Waals surface area (Å²) in [7, 11) is 0. The van der Waals surface area contributed by atoms with Gasteiger partial charge in [0.1, 0.15) is 11.5 Å². The lowest BCUT2D eigenvalue weighted by Crippen LogP contribution is -2.50. The maximum atomic E-state index is 12.6. The summed E-state index contributed by atoms with van der Waals surface area (Å²) in [6, 6.07) is 19.8. The third kappa shape index (κ3) is 5.84. The van der Waals surface area contributed by atoms with Crippen LogP contribution in [0, 0.1) is 0 Å². The van der Waals surface area contributed by atoms with Gasteiger partial charge in [0.15, 0.2) is 12.4 Å². The molecule has 1 aromatic heterocycles. The van der Waals surface area contributed by atoms with Crippen molar-refractivity contribution >= 4 is 11.7 Å². The molecule has 7 heteroatoms. The number of carbonyl (C=O) groups is 1. The van der Waals surface area contributed by atoms with Crippen LogP contribution < -0.4 is 14.4 Å². The summed E-state index contributed by atoms with van der Waals surface area (Å²) < 4.78 is 11.2. The number of aromatic nitrogens is 2. The minimum atomic E-state index is 0.00418. The zero-order valence-electron chi connectivity index (χ0n) is 20.1. The van der Waals surface area contributed by atoms with Gasteiger partial charge in [0, 0.05) is 31.7 Å². The summed E-state index contributed by atoms with van der Waals surface area (Å²) in [6.45, 7) is 9.67. The van der Waals surface area contributed by atoms with E-state index in [2.05, 4.69) is 28.9 Å². The van der Waals surface area contributed by atoms with E-state index in [9.17, 15) is 4.79 Å². The lowest BCUT2D eigenvalue weighted by Gasteiger charge is -2.35. The highest BCUT2D eigenvalue weighted by molar-refractivity contribution is 5.78. The highest BCUT2D eigenvalue weighted by Gasteiger charge is 2.22. The number of piperazine rings is 1. The second-order valence-corrected chi connectivity index (χ2v) is 8.61. The zero-order chi connectivity index (χ0) is 23.9. The topological polar surface area (TPSA) is 67.8 Å². The molecule has 4 rings (SSSR count). The first-order valence-corrected chi connectivity index (χ1v) is 11.9. The predicted octanol–water partition coefficient (Wildman–Crippen LogP) is 4.39. The van der Waals surface area contributed by atoms with Gasteiger partial charge >= 0.3 is 0 Å². The standard InChI is InChI=1S/C27H32N4O3/c1-4-33-23-11-7-22(8-12-23)25-13-14-26(29-28-25)30-15-17-31(18-16-30)27(32)19-34-24-9-5-21(6-10-24)20(2)3/h5-14,20H,4,15-19H2,1-3H3. The fourth-order valence-electron chi connectivity index (χ4n) is 3.91. The fourth-order valence-corrected chi connectivity index (χ4v) is 3.91. The number of rotatable bonds is 8. The molecule has 0 saturated carbocycles. The normalized spacial score (nSPS) is 13.8. The highest BCUT2D eigenvalue weighted by atomic mass is 16.5. The summed E-state index contributed by atoms with van der Waals surface area (Å²) in [4.78, 5) is 16.6. The summed E-state index contributed by atoms with van der Waals surface area (Å²) in [5, 5.41) is 8.82. The van der Waals surface area contributed by atoms with E-state index in [4.69, 9.17) is 9.47 Å². The molecule has 0 atom stereocenters. The number of carbonyl (C=O) groups excluding carboxylic acids is 1. The molecule has 3 aromatic rings. The zero-order valence-corrected chi connectivity index (χ0v) is 20.1. The van der Waals surface area contributed by atoms with E-state index < -0.39 is 0 Å². The van der Waals surface area contributed by atoms with Gasteiger partial charge in [-0.2, -0.15) is 0 Å². The van der Waals surface area contributed by atoms with Gasteiger partial charge in [0.05, 0.1) is 12.3 Å². The molecular formula is C27H32N4O3. The molecule has 2 heterocycles. The van der Waals surface area contributed by atoms with Crippen LogP contribution in [0.15, 0.2) is 60.7 Å². The van der Waals surface area contributed by atoms with Crippen molar-refractivity contribution in [3.63, 3.8) is 0 Å². The first kappa shape index (κ1) is 23.5. The van der Waals surface area contributed by atoms with Crippen LogP contribution in [0.1, 0.15) is 32.3 Å². The summed E-state index contributed by atoms with van der Waals surface area (Å²) in [5.74, 6) is 2.87. The molecule has 0 bridgehead atoms. The highest BCUT2D eigenvalue weighted by Crippen LogP contribution is 2.22. The Morgan fingerprint density at radius 3 is 2.09 bits per heavy atom. The number of ether oxygens (including phenoxy) is 2. The van der Waals surface area contributed by atoms with Crippen molar-refractivity contribution in [2.24, 2.45) is 0 Å². The van der Waals surface area contributed by atoms with Crippen molar-refractivity contribution in [3.05, 3.63) is 66.2 Å². The minimum Gasteiger partial charge on any atom is -0.494 e. The van der Waals surface area contributed by atoms with Gasteiger partial charge in [-0.3, -0.25) is 4.79 Å². The van der Waals surface area contributed by atoms with Crippen LogP contribution in [-0.4, -0.2) is 60.4 Å². The van der Waals surface area contributed by atoms with Gasteiger partial charge < -0.3 is 19.3 Å². The monoisotopic (exact) mass is 460 g/mol. The Morgan fingerprint density at radius 1 is 0.853 bits per heavy atom. The molecule has 0 N–H and O–H groups in total. The number of hydrogen-bond acceptors (Lipinski definition) is 6. The molecular weight excluding hydrogens is 428 g/mol. The fraction of sp³-hybridized carbons (Fsp3) is 0.370. The third-order valence-corrected chi connectivity index (χ3v) is 5.98. The second-order valence-electron chi connectivity index (χ2n) is 8.61. The van der Waals surface area contributed by atoms with Gasteiger partial charge in [-0.05, 0) is 66.9 Å². The molecule has 178 valence electrons. The number of amides is 1. The van der Waals surface area contributed by atoms with Crippen LogP contribution >= 0.6 is 0 Å². The molecule has 0 spiro atoms. The van der Waals surface area contributed by atoms with Crippen molar-refractivity contribution in [2.45, 2.75) is 26.7 Å². The van der Waals surface area contributed by atoms with Crippen LogP contribution in [0.3, 0.4) is 0 Å². The van der Waals surface area contributed by atoms with Crippen LogP contribution in [0.2, 0.25) is 0 Å². The first-order chi connectivity index (χ1) is 16.5. The average Bonchev–Trinajstić information content (AvgIpc) is 2.88. The van der Waals surface area contributed by atoms with Crippen LogP contribution in [-0.2, 0) is 4.79 Å². The van der Waals surface area contributed by atoms with E-state index in [1.165, 1.54) is 5.56 Å². The summed E-state index contributed by atoms with van der Waals surface area (Å²) in [6.07, 6.45) is 0. The molecule has 34 heavy (non-hydrogen) atoms. The van der Waals surface area contributed by atoms with Crippen molar-refractivity contribution in [1.82, 2.24) is 15.1 Å². The average molecular weight is 461 g/mol. The van der Waals surface area contributed by atoms with Crippen LogP contribution in [0.25, 0.3) is 11.3 Å². The van der Waals surface area contributed by atoms with E-state index >= 15 is 0 Å². The lowest BCUT2D eigenvalue weighted by atomic mass is 10.0. The Kier molecular flexibility index (Phi) is 7.62. The summed E-state index contributed by atoms with van der Waals surface area (Å²) >= 11 is 0. The molecule has 1 fully saturated rings. The molecule has 0 radical (unpaired) electrons. The molecule has 0 aliphatic carbocycles. The molecule has 0 unspecified atom stereocenters. The van der Waals surface area contributed by atoms with Gasteiger partial charge in [0.2, 0.25) is 0 Å². The molecule has 2 aromatic carbocycles. The predicted molar refractivity (Wildman–Crippen MR) is 133 cm³/mol. The SMILES string of the molecule is CCOc1ccc(-c2ccc(N3CCN(C(=O)COc4ccc(C(C)C)cc4)CC3)nn2)cc1. The second kappa shape index (κ2) is 11.0. The van der Waals surface area contributed by atoms with Crippen molar-refractivity contribution < 1.29 is 14.3 Å². The van der Waals surface area contributed by atoms with E-state index in [0.29, 0.717) is 38.7 Å². The van der Waals surface area contributed by atoms with Gasteiger partial charge in [0.25, 0.3) is 5.91 Å². The Morgan fingerprint density at radius 2 is 1.50 bits per heavy atom. The number of hydrogen-bond donors (Lipinski definition) is 0. The third-order valence-electron chi connectivity index (χ3n) is 5.98. The number of benzene rings is 2. The number of anilines is 1. The maximum absolute atomic E-state index is 12.6. The smallest absolute Gasteiger partial charge is 0.260 e. The Bertz CT molecular complexity index is 1060. The van der Waals surface area contributed by atoms with Crippen molar-refractivity contribution in [3.8, 4) is 22.8 Å². The molecule has 1 aliphatic heterocycles. The Balaban J connectivity index is 1.26. The maximum Gasteiger partial charge on any atom is 0.260 e. The largest absolute Gasteiger partial charge is 0.494 e. The lowest BCUT2D eigenvalue weighted by molar-refractivity contribution is -0.133. The summed E-state index contributed by atoms with van der Waals surface area (Å²) in [5.41, 5.74) is 3.07. The van der Waals surface area contributed by atoms with Gasteiger partial charge in [-0.1, -0.05) is 26.0 Å².